The maximum Gasteiger partial charge on any atom is 0.336 e. The van der Waals surface area contributed by atoms with Crippen molar-refractivity contribution in [3.05, 3.63) is 87.3 Å². The fraction of sp³-hybridized carbons (Fsp3) is 0.0800. The number of aldehydes is 1. The summed E-state index contributed by atoms with van der Waals surface area (Å²) in [6, 6.07) is 12.9. The number of benzene rings is 3. The van der Waals surface area contributed by atoms with Gasteiger partial charge in [0.2, 0.25) is 0 Å². The lowest BCUT2D eigenvalue weighted by atomic mass is 9.96. The van der Waals surface area contributed by atoms with Crippen LogP contribution in [-0.2, 0) is 0 Å². The molecule has 154 valence electrons. The van der Waals surface area contributed by atoms with Gasteiger partial charge in [-0.05, 0) is 60.5 Å². The van der Waals surface area contributed by atoms with Crippen LogP contribution in [0.4, 0.5) is 0 Å². The second-order valence-corrected chi connectivity index (χ2v) is 7.06. The molecular weight excluding hydrogens is 396 g/mol. The predicted octanol–water partition coefficient (Wildman–Crippen LogP) is 4.68. The number of methoxy groups -OCH3 is 1. The lowest BCUT2D eigenvalue weighted by Crippen LogP contribution is -1.99. The van der Waals surface area contributed by atoms with Crippen molar-refractivity contribution in [2.24, 2.45) is 0 Å². The topological polar surface area (TPSA) is 93.8 Å². The second-order valence-electron chi connectivity index (χ2n) is 7.06. The average Bonchev–Trinajstić information content (AvgIpc) is 2.78. The molecule has 0 bridgehead atoms. The van der Waals surface area contributed by atoms with Gasteiger partial charge in [0.1, 0.15) is 17.1 Å². The van der Waals surface area contributed by atoms with Crippen molar-refractivity contribution in [2.45, 2.75) is 6.92 Å². The number of carbonyl (C=O) groups excluding carboxylic acids is 2. The summed E-state index contributed by atoms with van der Waals surface area (Å²) in [7, 11) is 1.54. The first kappa shape index (κ1) is 20.1. The predicted molar refractivity (Wildman–Crippen MR) is 118 cm³/mol. The SMILES string of the molecule is COc1ccc(C(=O)/C=C/c2cc(C=O)c(O)c3ccc4c(C)cc(=O)oc4c23)cc1. The van der Waals surface area contributed by atoms with Crippen molar-refractivity contribution in [2.75, 3.05) is 7.11 Å². The van der Waals surface area contributed by atoms with E-state index in [0.717, 1.165) is 5.56 Å². The first-order valence-corrected chi connectivity index (χ1v) is 9.47. The smallest absolute Gasteiger partial charge is 0.336 e. The molecule has 0 aliphatic rings. The number of aromatic hydroxyl groups is 1. The highest BCUT2D eigenvalue weighted by atomic mass is 16.5. The molecule has 4 aromatic rings. The molecule has 1 aromatic heterocycles. The number of fused-ring (bicyclic) bond motifs is 3. The van der Waals surface area contributed by atoms with Gasteiger partial charge in [-0.15, -0.1) is 0 Å². The van der Waals surface area contributed by atoms with Crippen LogP contribution in [0.2, 0.25) is 0 Å². The Bertz CT molecular complexity index is 1430. The van der Waals surface area contributed by atoms with Crippen molar-refractivity contribution >= 4 is 39.9 Å². The standard InChI is InChI=1S/C25H18O6/c1-14-11-22(28)31-25-19(14)8-9-20-23(25)16(12-17(13-26)24(20)29)5-10-21(27)15-3-6-18(30-2)7-4-15/h3-13,29H,1-2H3/b10-5+. The van der Waals surface area contributed by atoms with Crippen LogP contribution in [0.1, 0.15) is 31.8 Å². The number of carbonyl (C=O) groups is 2. The number of phenols is 1. The minimum atomic E-state index is -0.527. The molecule has 0 amide bonds. The van der Waals surface area contributed by atoms with Gasteiger partial charge in [0.05, 0.1) is 12.7 Å². The first-order chi connectivity index (χ1) is 14.9. The molecule has 4 rings (SSSR count). The first-order valence-electron chi connectivity index (χ1n) is 9.47. The molecule has 3 aromatic carbocycles. The Labute approximate surface area is 177 Å². The van der Waals surface area contributed by atoms with Gasteiger partial charge in [-0.25, -0.2) is 4.79 Å². The largest absolute Gasteiger partial charge is 0.507 e. The molecule has 0 fully saturated rings. The van der Waals surface area contributed by atoms with Crippen LogP contribution in [-0.4, -0.2) is 24.3 Å². The van der Waals surface area contributed by atoms with Crippen LogP contribution in [0, 0.1) is 6.92 Å². The third-order valence-corrected chi connectivity index (χ3v) is 5.16. The Kier molecular flexibility index (Phi) is 5.13. The number of ketones is 1. The summed E-state index contributed by atoms with van der Waals surface area (Å²) in [6.45, 7) is 1.79. The third kappa shape index (κ3) is 3.59. The molecule has 0 unspecified atom stereocenters. The summed E-state index contributed by atoms with van der Waals surface area (Å²) >= 11 is 0. The third-order valence-electron chi connectivity index (χ3n) is 5.16. The number of hydrogen-bond acceptors (Lipinski definition) is 6. The molecule has 0 spiro atoms. The Morgan fingerprint density at radius 3 is 2.42 bits per heavy atom. The zero-order valence-corrected chi connectivity index (χ0v) is 16.8. The number of aryl methyl sites for hydroxylation is 1. The highest BCUT2D eigenvalue weighted by Gasteiger charge is 2.16. The summed E-state index contributed by atoms with van der Waals surface area (Å²) in [6.07, 6.45) is 3.45. The number of phenolic OH excluding ortho intramolecular Hbond substituents is 1. The molecule has 0 atom stereocenters. The van der Waals surface area contributed by atoms with E-state index in [0.29, 0.717) is 39.3 Å². The summed E-state index contributed by atoms with van der Waals surface area (Å²) in [5.41, 5.74) is 1.47. The molecule has 6 nitrogen and oxygen atoms in total. The normalized spacial score (nSPS) is 11.3. The zero-order valence-electron chi connectivity index (χ0n) is 16.8. The van der Waals surface area contributed by atoms with E-state index < -0.39 is 5.63 Å². The van der Waals surface area contributed by atoms with Crippen LogP contribution in [0.25, 0.3) is 27.8 Å². The van der Waals surface area contributed by atoms with Gasteiger partial charge in [0.25, 0.3) is 0 Å². The molecule has 0 aliphatic heterocycles. The Morgan fingerprint density at radius 2 is 1.74 bits per heavy atom. The lowest BCUT2D eigenvalue weighted by Gasteiger charge is -2.11. The van der Waals surface area contributed by atoms with E-state index in [-0.39, 0.29) is 22.7 Å². The van der Waals surface area contributed by atoms with Gasteiger partial charge in [-0.2, -0.15) is 0 Å². The van der Waals surface area contributed by atoms with Crippen molar-refractivity contribution < 1.29 is 23.8 Å². The van der Waals surface area contributed by atoms with E-state index >= 15 is 0 Å². The molecule has 0 radical (unpaired) electrons. The van der Waals surface area contributed by atoms with Crippen molar-refractivity contribution in [1.82, 2.24) is 0 Å². The summed E-state index contributed by atoms with van der Waals surface area (Å²) in [5, 5.41) is 12.0. The molecule has 6 heteroatoms. The fourth-order valence-electron chi connectivity index (χ4n) is 3.57. The summed E-state index contributed by atoms with van der Waals surface area (Å²) < 4.78 is 10.6. The van der Waals surface area contributed by atoms with Gasteiger partial charge in [0, 0.05) is 27.8 Å². The number of allylic oxidation sites excluding steroid dienone is 1. The van der Waals surface area contributed by atoms with Gasteiger partial charge >= 0.3 is 5.63 Å². The monoisotopic (exact) mass is 414 g/mol. The molecule has 31 heavy (non-hydrogen) atoms. The van der Waals surface area contributed by atoms with Crippen molar-refractivity contribution in [3.63, 3.8) is 0 Å². The Morgan fingerprint density at radius 1 is 1.03 bits per heavy atom. The van der Waals surface area contributed by atoms with E-state index in [9.17, 15) is 19.5 Å². The number of rotatable bonds is 5. The molecule has 1 heterocycles. The van der Waals surface area contributed by atoms with E-state index in [2.05, 4.69) is 0 Å². The van der Waals surface area contributed by atoms with E-state index in [1.54, 1.807) is 56.5 Å². The molecule has 0 saturated carbocycles. The Hall–Kier alpha value is -4.19. The van der Waals surface area contributed by atoms with Crippen molar-refractivity contribution in [1.29, 1.82) is 0 Å². The van der Waals surface area contributed by atoms with E-state index in [1.807, 2.05) is 0 Å². The van der Waals surface area contributed by atoms with E-state index in [4.69, 9.17) is 9.15 Å². The van der Waals surface area contributed by atoms with Crippen LogP contribution < -0.4 is 10.4 Å². The molecular formula is C25H18O6. The zero-order chi connectivity index (χ0) is 22.1. The minimum Gasteiger partial charge on any atom is -0.507 e. The highest BCUT2D eigenvalue weighted by molar-refractivity contribution is 6.14. The summed E-state index contributed by atoms with van der Waals surface area (Å²) in [5.74, 6) is 0.168. The lowest BCUT2D eigenvalue weighted by molar-refractivity contribution is 0.104. The second kappa shape index (κ2) is 7.91. The van der Waals surface area contributed by atoms with Gasteiger partial charge < -0.3 is 14.3 Å². The van der Waals surface area contributed by atoms with Crippen LogP contribution >= 0.6 is 0 Å². The Balaban J connectivity index is 1.93. The minimum absolute atomic E-state index is 0.0680. The van der Waals surface area contributed by atoms with Crippen LogP contribution in [0.5, 0.6) is 11.5 Å². The highest BCUT2D eigenvalue weighted by Crippen LogP contribution is 2.37. The van der Waals surface area contributed by atoms with Gasteiger partial charge in [-0.3, -0.25) is 9.59 Å². The number of hydrogen-bond donors (Lipinski definition) is 1. The van der Waals surface area contributed by atoms with Crippen molar-refractivity contribution in [3.8, 4) is 11.5 Å². The fourth-order valence-corrected chi connectivity index (χ4v) is 3.57. The summed E-state index contributed by atoms with van der Waals surface area (Å²) in [4.78, 5) is 36.1. The maximum absolute atomic E-state index is 12.6. The van der Waals surface area contributed by atoms with Gasteiger partial charge in [-0.1, -0.05) is 12.1 Å². The van der Waals surface area contributed by atoms with Crippen LogP contribution in [0.3, 0.4) is 0 Å². The maximum atomic E-state index is 12.6. The molecule has 0 saturated heterocycles. The number of ether oxygens (including phenoxy) is 1. The average molecular weight is 414 g/mol. The van der Waals surface area contributed by atoms with Crippen LogP contribution in [0.15, 0.2) is 63.8 Å². The molecule has 0 aliphatic carbocycles. The quantitative estimate of drug-likeness (QED) is 0.168. The van der Waals surface area contributed by atoms with E-state index in [1.165, 1.54) is 18.2 Å². The molecule has 1 N–H and O–H groups in total. The van der Waals surface area contributed by atoms with Gasteiger partial charge in [0.15, 0.2) is 12.1 Å².